The molecule has 0 aliphatic rings. The average Bonchev–Trinajstić information content (AvgIpc) is 3.63. The Kier molecular flexibility index (Phi) is 7.00. The van der Waals surface area contributed by atoms with E-state index in [2.05, 4.69) is 30.3 Å². The van der Waals surface area contributed by atoms with Crippen LogP contribution in [0.2, 0.25) is 0 Å². The predicted molar refractivity (Wildman–Crippen MR) is 157 cm³/mol. The van der Waals surface area contributed by atoms with E-state index in [1.807, 2.05) is 60.7 Å². The van der Waals surface area contributed by atoms with Crippen molar-refractivity contribution in [1.82, 2.24) is 25.6 Å². The zero-order valence-electron chi connectivity index (χ0n) is 21.7. The molecule has 6 aromatic rings. The van der Waals surface area contributed by atoms with Crippen molar-refractivity contribution in [2.75, 3.05) is 4.72 Å². The normalized spacial score (nSPS) is 12.0. The van der Waals surface area contributed by atoms with E-state index in [1.165, 1.54) is 6.07 Å². The standard InChI is InChI=1S/C30H25N7O3S/c38-30-28(25-19-24(16-17-26(25)32-30)41(39,40)35-23-9-5-2-6-10-23)29(21-7-3-1-4-8-21)31-22-14-11-20(12-15-22)13-18-27-33-36-37-34-27/h1-12,14-17,19,32,35,38H,13,18H2,(H,33,34,36,37). The van der Waals surface area contributed by atoms with Crippen molar-refractivity contribution in [3.63, 3.8) is 0 Å². The van der Waals surface area contributed by atoms with E-state index in [0.717, 1.165) is 17.5 Å². The highest BCUT2D eigenvalue weighted by molar-refractivity contribution is 7.92. The molecule has 0 bridgehead atoms. The molecule has 0 aliphatic carbocycles. The first-order valence-corrected chi connectivity index (χ1v) is 14.3. The number of para-hydroxylation sites is 1. The fraction of sp³-hybridized carbons (Fsp3) is 0.0667. The van der Waals surface area contributed by atoms with Crippen molar-refractivity contribution >= 4 is 38.0 Å². The molecule has 204 valence electrons. The number of rotatable bonds is 9. The lowest BCUT2D eigenvalue weighted by Gasteiger charge is -2.10. The predicted octanol–water partition coefficient (Wildman–Crippen LogP) is 5.14. The molecule has 6 rings (SSSR count). The molecule has 0 saturated heterocycles. The molecule has 0 radical (unpaired) electrons. The van der Waals surface area contributed by atoms with Gasteiger partial charge in [0, 0.05) is 28.6 Å². The number of benzene rings is 4. The van der Waals surface area contributed by atoms with Crippen molar-refractivity contribution in [3.05, 3.63) is 126 Å². The van der Waals surface area contributed by atoms with Gasteiger partial charge in [-0.25, -0.2) is 13.4 Å². The smallest absolute Gasteiger partial charge is 0.261 e. The number of aliphatic imine (C=N–C) groups is 1. The molecule has 0 spiro atoms. The Balaban J connectivity index is 1.39. The van der Waals surface area contributed by atoms with Gasteiger partial charge in [0.05, 0.1) is 21.9 Å². The average molecular weight is 564 g/mol. The van der Waals surface area contributed by atoms with Gasteiger partial charge in [-0.05, 0) is 54.4 Å². The molecular weight excluding hydrogens is 538 g/mol. The molecule has 11 heteroatoms. The van der Waals surface area contributed by atoms with Crippen molar-refractivity contribution in [2.24, 2.45) is 4.99 Å². The maximum Gasteiger partial charge on any atom is 0.261 e. The van der Waals surface area contributed by atoms with E-state index in [1.54, 1.807) is 36.4 Å². The molecule has 0 amide bonds. The first kappa shape index (κ1) is 26.0. The number of sulfonamides is 1. The van der Waals surface area contributed by atoms with Gasteiger partial charge in [0.25, 0.3) is 10.0 Å². The third-order valence-electron chi connectivity index (χ3n) is 6.57. The SMILES string of the molecule is O=S(=O)(Nc1ccccc1)c1ccc2[nH]c(O)c(C(=Nc3ccc(CCc4nn[nH]n4)cc3)c3ccccc3)c2c1. The van der Waals surface area contributed by atoms with E-state index >= 15 is 0 Å². The Morgan fingerprint density at radius 1 is 0.878 bits per heavy atom. The van der Waals surface area contributed by atoms with E-state index in [4.69, 9.17) is 4.99 Å². The van der Waals surface area contributed by atoms with Crippen molar-refractivity contribution < 1.29 is 13.5 Å². The molecule has 2 aromatic heterocycles. The number of aryl methyl sites for hydroxylation is 2. The first-order chi connectivity index (χ1) is 20.0. The lowest BCUT2D eigenvalue weighted by Crippen LogP contribution is -2.12. The minimum Gasteiger partial charge on any atom is -0.494 e. The lowest BCUT2D eigenvalue weighted by atomic mass is 10.0. The summed E-state index contributed by atoms with van der Waals surface area (Å²) in [4.78, 5) is 7.96. The van der Waals surface area contributed by atoms with Crippen molar-refractivity contribution in [2.45, 2.75) is 17.7 Å². The molecule has 0 saturated carbocycles. The molecule has 0 aliphatic heterocycles. The first-order valence-electron chi connectivity index (χ1n) is 12.8. The van der Waals surface area contributed by atoms with Gasteiger partial charge in [-0.3, -0.25) is 4.72 Å². The summed E-state index contributed by atoms with van der Waals surface area (Å²) in [5, 5.41) is 25.6. The van der Waals surface area contributed by atoms with Crippen LogP contribution in [0.15, 0.2) is 113 Å². The van der Waals surface area contributed by atoms with Crippen LogP contribution in [0.25, 0.3) is 10.9 Å². The topological polar surface area (TPSA) is 149 Å². The zero-order chi connectivity index (χ0) is 28.2. The van der Waals surface area contributed by atoms with Crippen LogP contribution in [-0.4, -0.2) is 44.8 Å². The molecule has 4 N–H and O–H groups in total. The highest BCUT2D eigenvalue weighted by Gasteiger charge is 2.22. The summed E-state index contributed by atoms with van der Waals surface area (Å²) in [6, 6.07) is 30.6. The molecule has 0 atom stereocenters. The van der Waals surface area contributed by atoms with Crippen molar-refractivity contribution in [3.8, 4) is 5.88 Å². The number of aromatic amines is 2. The minimum absolute atomic E-state index is 0.0625. The summed E-state index contributed by atoms with van der Waals surface area (Å²) >= 11 is 0. The molecular formula is C30H25N7O3S. The molecule has 4 aromatic carbocycles. The quantitative estimate of drug-likeness (QED) is 0.179. The zero-order valence-corrected chi connectivity index (χ0v) is 22.5. The van der Waals surface area contributed by atoms with Crippen LogP contribution in [0.1, 0.15) is 22.5 Å². The van der Waals surface area contributed by atoms with Gasteiger partial charge in [-0.1, -0.05) is 65.9 Å². The molecule has 0 unspecified atom stereocenters. The number of aromatic hydroxyl groups is 1. The largest absolute Gasteiger partial charge is 0.494 e. The van der Waals surface area contributed by atoms with E-state index in [9.17, 15) is 13.5 Å². The third-order valence-corrected chi connectivity index (χ3v) is 7.95. The molecule has 41 heavy (non-hydrogen) atoms. The lowest BCUT2D eigenvalue weighted by molar-refractivity contribution is 0.457. The number of anilines is 1. The van der Waals surface area contributed by atoms with E-state index in [0.29, 0.717) is 45.8 Å². The summed E-state index contributed by atoms with van der Waals surface area (Å²) in [5.74, 6) is 0.540. The Bertz CT molecular complexity index is 1920. The number of fused-ring (bicyclic) bond motifs is 1. The van der Waals surface area contributed by atoms with Crippen LogP contribution in [0, 0.1) is 0 Å². The number of nitrogens with one attached hydrogen (secondary N) is 3. The number of aromatic nitrogens is 5. The summed E-state index contributed by atoms with van der Waals surface area (Å²) in [6.45, 7) is 0. The Morgan fingerprint density at radius 2 is 1.61 bits per heavy atom. The maximum atomic E-state index is 13.2. The maximum absolute atomic E-state index is 13.2. The Hall–Kier alpha value is -5.29. The van der Waals surface area contributed by atoms with Gasteiger partial charge in [-0.2, -0.15) is 5.21 Å². The Labute approximate surface area is 235 Å². The summed E-state index contributed by atoms with van der Waals surface area (Å²) in [6.07, 6.45) is 1.40. The summed E-state index contributed by atoms with van der Waals surface area (Å²) in [7, 11) is -3.89. The van der Waals surface area contributed by atoms with Gasteiger partial charge < -0.3 is 10.1 Å². The van der Waals surface area contributed by atoms with Gasteiger partial charge in [0.1, 0.15) is 0 Å². The van der Waals surface area contributed by atoms with Gasteiger partial charge >= 0.3 is 0 Å². The molecule has 10 nitrogen and oxygen atoms in total. The number of H-pyrrole nitrogens is 2. The summed E-state index contributed by atoms with van der Waals surface area (Å²) < 4.78 is 29.1. The minimum atomic E-state index is -3.89. The van der Waals surface area contributed by atoms with Gasteiger partial charge in [0.15, 0.2) is 11.7 Å². The molecule has 0 fully saturated rings. The second kappa shape index (κ2) is 11.1. The van der Waals surface area contributed by atoms with Crippen molar-refractivity contribution in [1.29, 1.82) is 0 Å². The van der Waals surface area contributed by atoms with Crippen LogP contribution >= 0.6 is 0 Å². The number of hydrogen-bond donors (Lipinski definition) is 4. The van der Waals surface area contributed by atoms with Gasteiger partial charge in [-0.15, -0.1) is 10.2 Å². The van der Waals surface area contributed by atoms with Crippen LogP contribution < -0.4 is 4.72 Å². The van der Waals surface area contributed by atoms with Crippen LogP contribution in [0.3, 0.4) is 0 Å². The third kappa shape index (κ3) is 5.70. The number of hydrogen-bond acceptors (Lipinski definition) is 7. The summed E-state index contributed by atoms with van der Waals surface area (Å²) in [5.41, 5.74) is 4.47. The Morgan fingerprint density at radius 3 is 2.32 bits per heavy atom. The van der Waals surface area contributed by atoms with Gasteiger partial charge in [0.2, 0.25) is 0 Å². The number of tetrazole rings is 1. The van der Waals surface area contributed by atoms with E-state index < -0.39 is 10.0 Å². The van der Waals surface area contributed by atoms with Crippen LogP contribution in [0.5, 0.6) is 5.88 Å². The second-order valence-corrected chi connectivity index (χ2v) is 11.0. The van der Waals surface area contributed by atoms with Crippen LogP contribution in [-0.2, 0) is 22.9 Å². The van der Waals surface area contributed by atoms with E-state index in [-0.39, 0.29) is 10.8 Å². The van der Waals surface area contributed by atoms with Crippen LogP contribution in [0.4, 0.5) is 11.4 Å². The molecule has 2 heterocycles. The highest BCUT2D eigenvalue weighted by Crippen LogP contribution is 2.33. The monoisotopic (exact) mass is 563 g/mol. The second-order valence-electron chi connectivity index (χ2n) is 9.35. The fourth-order valence-corrected chi connectivity index (χ4v) is 5.64. The number of nitrogens with zero attached hydrogens (tertiary/aromatic N) is 4. The fourth-order valence-electron chi connectivity index (χ4n) is 4.56. The highest BCUT2D eigenvalue weighted by atomic mass is 32.2.